The van der Waals surface area contributed by atoms with E-state index in [0.717, 1.165) is 0 Å². The molecular weight excluding hydrogens is 164 g/mol. The highest BCUT2D eigenvalue weighted by molar-refractivity contribution is 4.85. The Morgan fingerprint density at radius 2 is 1.83 bits per heavy atom. The lowest BCUT2D eigenvalue weighted by molar-refractivity contribution is -0.177. The predicted molar refractivity (Wildman–Crippen MR) is 39.4 cm³/mol. The van der Waals surface area contributed by atoms with Crippen LogP contribution in [0.15, 0.2) is 0 Å². The fraction of sp³-hybridized carbons (Fsp3) is 1.00. The summed E-state index contributed by atoms with van der Waals surface area (Å²) in [6.45, 7) is -0.555. The minimum atomic E-state index is -0.997. The molecule has 0 aromatic heterocycles. The quantitative estimate of drug-likeness (QED) is 0.382. The van der Waals surface area contributed by atoms with Gasteiger partial charge in [0.1, 0.15) is 6.10 Å². The Morgan fingerprint density at radius 3 is 2.33 bits per heavy atom. The molecule has 12 heavy (non-hydrogen) atoms. The third kappa shape index (κ3) is 1.75. The Kier molecular flexibility index (Phi) is 3.42. The summed E-state index contributed by atoms with van der Waals surface area (Å²) in [7, 11) is 0. The van der Waals surface area contributed by atoms with Gasteiger partial charge in [-0.25, -0.2) is 0 Å². The third-order valence-corrected chi connectivity index (χ3v) is 2.19. The van der Waals surface area contributed by atoms with Gasteiger partial charge in [-0.1, -0.05) is 0 Å². The molecule has 72 valence electrons. The van der Waals surface area contributed by atoms with Crippen LogP contribution < -0.4 is 0 Å². The summed E-state index contributed by atoms with van der Waals surface area (Å²) >= 11 is 0. The van der Waals surface area contributed by atoms with E-state index < -0.39 is 24.2 Å². The molecule has 0 bridgehead atoms. The van der Waals surface area contributed by atoms with Crippen LogP contribution in [0.4, 0.5) is 0 Å². The zero-order valence-electron chi connectivity index (χ0n) is 6.63. The average molecular weight is 178 g/mol. The third-order valence-electron chi connectivity index (χ3n) is 2.19. The summed E-state index contributed by atoms with van der Waals surface area (Å²) in [5.41, 5.74) is 0. The van der Waals surface area contributed by atoms with Crippen molar-refractivity contribution >= 4 is 0 Å². The van der Waals surface area contributed by atoms with Gasteiger partial charge in [0.05, 0.1) is 32.0 Å². The highest BCUT2D eigenvalue weighted by atomic mass is 16.5. The molecule has 0 amide bonds. The van der Waals surface area contributed by atoms with Crippen LogP contribution in [0.25, 0.3) is 0 Å². The van der Waals surface area contributed by atoms with Crippen LogP contribution >= 0.6 is 0 Å². The van der Waals surface area contributed by atoms with Gasteiger partial charge in [0.25, 0.3) is 0 Å². The summed E-state index contributed by atoms with van der Waals surface area (Å²) in [6, 6.07) is 0. The van der Waals surface area contributed by atoms with Crippen LogP contribution in [0, 0.1) is 5.92 Å². The van der Waals surface area contributed by atoms with Crippen molar-refractivity contribution in [3.8, 4) is 0 Å². The van der Waals surface area contributed by atoms with Gasteiger partial charge in [0.15, 0.2) is 0 Å². The summed E-state index contributed by atoms with van der Waals surface area (Å²) in [5, 5.41) is 36.1. The standard InChI is InChI=1S/C7H14O5/c8-1-4-5(10)3-12-6(2-9)7(4)11/h4-11H,1-3H2. The van der Waals surface area contributed by atoms with Crippen molar-refractivity contribution in [2.45, 2.75) is 18.3 Å². The van der Waals surface area contributed by atoms with E-state index >= 15 is 0 Å². The fourth-order valence-corrected chi connectivity index (χ4v) is 1.34. The van der Waals surface area contributed by atoms with Crippen LogP contribution in [0.1, 0.15) is 0 Å². The zero-order valence-corrected chi connectivity index (χ0v) is 6.63. The second-order valence-electron chi connectivity index (χ2n) is 2.96. The molecular formula is C7H14O5. The highest BCUT2D eigenvalue weighted by Crippen LogP contribution is 2.20. The zero-order chi connectivity index (χ0) is 9.14. The largest absolute Gasteiger partial charge is 0.396 e. The molecule has 5 heteroatoms. The van der Waals surface area contributed by atoms with Crippen molar-refractivity contribution in [2.24, 2.45) is 5.92 Å². The lowest BCUT2D eigenvalue weighted by Gasteiger charge is -2.36. The van der Waals surface area contributed by atoms with Crippen molar-refractivity contribution < 1.29 is 25.2 Å². The number of aliphatic hydroxyl groups excluding tert-OH is 4. The molecule has 4 unspecified atom stereocenters. The number of aliphatic hydroxyl groups is 4. The van der Waals surface area contributed by atoms with E-state index in [4.69, 9.17) is 14.9 Å². The van der Waals surface area contributed by atoms with E-state index in [1.165, 1.54) is 0 Å². The number of hydrogen-bond acceptors (Lipinski definition) is 5. The van der Waals surface area contributed by atoms with Crippen LogP contribution in [-0.4, -0.2) is 58.6 Å². The molecule has 5 nitrogen and oxygen atoms in total. The summed E-state index contributed by atoms with van der Waals surface area (Å²) < 4.78 is 4.92. The molecule has 1 fully saturated rings. The van der Waals surface area contributed by atoms with Gasteiger partial charge in [-0.2, -0.15) is 0 Å². The second kappa shape index (κ2) is 4.15. The minimum Gasteiger partial charge on any atom is -0.396 e. The van der Waals surface area contributed by atoms with Crippen molar-refractivity contribution in [1.82, 2.24) is 0 Å². The smallest absolute Gasteiger partial charge is 0.107 e. The van der Waals surface area contributed by atoms with Gasteiger partial charge >= 0.3 is 0 Å². The monoisotopic (exact) mass is 178 g/mol. The highest BCUT2D eigenvalue weighted by Gasteiger charge is 2.37. The molecule has 0 saturated carbocycles. The lowest BCUT2D eigenvalue weighted by atomic mass is 9.91. The Morgan fingerprint density at radius 1 is 1.17 bits per heavy atom. The van der Waals surface area contributed by atoms with Crippen LogP contribution in [0.3, 0.4) is 0 Å². The molecule has 0 spiro atoms. The van der Waals surface area contributed by atoms with Crippen molar-refractivity contribution in [1.29, 1.82) is 0 Å². The molecule has 0 radical (unpaired) electrons. The number of rotatable bonds is 2. The summed E-state index contributed by atoms with van der Waals surface area (Å²) in [4.78, 5) is 0. The minimum absolute atomic E-state index is 0.0491. The SMILES string of the molecule is OCC1OCC(O)C(CO)C1O. The van der Waals surface area contributed by atoms with Crippen molar-refractivity contribution in [3.05, 3.63) is 0 Å². The molecule has 1 aliphatic heterocycles. The van der Waals surface area contributed by atoms with Crippen LogP contribution in [-0.2, 0) is 4.74 Å². The Balaban J connectivity index is 2.56. The van der Waals surface area contributed by atoms with E-state index in [9.17, 15) is 10.2 Å². The van der Waals surface area contributed by atoms with Crippen molar-refractivity contribution in [2.75, 3.05) is 19.8 Å². The van der Waals surface area contributed by atoms with Gasteiger partial charge < -0.3 is 25.2 Å². The first kappa shape index (κ1) is 9.88. The molecule has 1 rings (SSSR count). The normalized spacial score (nSPS) is 43.0. The molecule has 1 aliphatic rings. The number of hydrogen-bond donors (Lipinski definition) is 4. The predicted octanol–water partition coefficient (Wildman–Crippen LogP) is -2.29. The van der Waals surface area contributed by atoms with Gasteiger partial charge in [-0.3, -0.25) is 0 Å². The molecule has 1 heterocycles. The summed E-state index contributed by atoms with van der Waals surface area (Å²) in [5.74, 6) is -0.615. The van der Waals surface area contributed by atoms with Gasteiger partial charge in [-0.05, 0) is 0 Å². The van der Waals surface area contributed by atoms with E-state index in [1.54, 1.807) is 0 Å². The first-order valence-corrected chi connectivity index (χ1v) is 3.90. The van der Waals surface area contributed by atoms with Gasteiger partial charge in [0, 0.05) is 5.92 Å². The Labute approximate surface area is 70.2 Å². The molecule has 0 aliphatic carbocycles. The first-order valence-electron chi connectivity index (χ1n) is 3.90. The van der Waals surface area contributed by atoms with Crippen LogP contribution in [0.2, 0.25) is 0 Å². The summed E-state index contributed by atoms with van der Waals surface area (Å²) in [6.07, 6.45) is -2.54. The Bertz CT molecular complexity index is 140. The maximum Gasteiger partial charge on any atom is 0.107 e. The fourth-order valence-electron chi connectivity index (χ4n) is 1.34. The molecule has 1 saturated heterocycles. The lowest BCUT2D eigenvalue weighted by Crippen LogP contribution is -2.51. The van der Waals surface area contributed by atoms with Crippen LogP contribution in [0.5, 0.6) is 0 Å². The van der Waals surface area contributed by atoms with Gasteiger partial charge in [-0.15, -0.1) is 0 Å². The number of ether oxygens (including phenoxy) is 1. The molecule has 4 N–H and O–H groups in total. The topological polar surface area (TPSA) is 90.2 Å². The first-order chi connectivity index (χ1) is 5.70. The Hall–Kier alpha value is -0.200. The van der Waals surface area contributed by atoms with E-state index in [-0.39, 0.29) is 19.8 Å². The average Bonchev–Trinajstić information content (AvgIpc) is 2.06. The molecule has 0 aromatic carbocycles. The second-order valence-corrected chi connectivity index (χ2v) is 2.96. The van der Waals surface area contributed by atoms with E-state index in [1.807, 2.05) is 0 Å². The van der Waals surface area contributed by atoms with Crippen molar-refractivity contribution in [3.63, 3.8) is 0 Å². The maximum absolute atomic E-state index is 9.39. The van der Waals surface area contributed by atoms with E-state index in [0.29, 0.717) is 0 Å². The molecule has 4 atom stereocenters. The molecule has 0 aromatic rings. The van der Waals surface area contributed by atoms with Gasteiger partial charge in [0.2, 0.25) is 0 Å². The maximum atomic E-state index is 9.39. The van der Waals surface area contributed by atoms with E-state index in [2.05, 4.69) is 0 Å².